The summed E-state index contributed by atoms with van der Waals surface area (Å²) in [5, 5.41) is 10.4. The van der Waals surface area contributed by atoms with Crippen LogP contribution in [0, 0.1) is 16.2 Å². The van der Waals surface area contributed by atoms with E-state index in [0.717, 1.165) is 17.5 Å². The molecule has 0 atom stereocenters. The van der Waals surface area contributed by atoms with Gasteiger partial charge in [-0.2, -0.15) is 0 Å². The van der Waals surface area contributed by atoms with Crippen molar-refractivity contribution >= 4 is 5.69 Å². The molecule has 0 spiro atoms. The predicted molar refractivity (Wildman–Crippen MR) is 50.4 cm³/mol. The van der Waals surface area contributed by atoms with Gasteiger partial charge in [-0.15, -0.1) is 0 Å². The minimum Gasteiger partial charge on any atom is -0.258 e. The van der Waals surface area contributed by atoms with Crippen LogP contribution in [-0.4, -0.2) is 4.92 Å². The van der Waals surface area contributed by atoms with Gasteiger partial charge in [0.15, 0.2) is 0 Å². The Hall–Kier alpha value is -1.64. The van der Waals surface area contributed by atoms with E-state index in [1.54, 1.807) is 6.07 Å². The molecule has 3 nitrogen and oxygen atoms in total. The summed E-state index contributed by atoms with van der Waals surface area (Å²) >= 11 is 0. The van der Waals surface area contributed by atoms with Crippen molar-refractivity contribution in [1.29, 1.82) is 0 Å². The van der Waals surface area contributed by atoms with Crippen molar-refractivity contribution in [3.8, 4) is 0 Å². The monoisotopic (exact) mass is 176 g/mol. The number of aryl methyl sites for hydroxylation is 1. The molecule has 0 aliphatic heterocycles. The third-order valence-corrected chi connectivity index (χ3v) is 1.88. The third kappa shape index (κ3) is 1.93. The first-order valence-corrected chi connectivity index (χ1v) is 3.99. The lowest BCUT2D eigenvalue weighted by Crippen LogP contribution is -1.92. The number of benzene rings is 1. The first kappa shape index (κ1) is 9.45. The summed E-state index contributed by atoms with van der Waals surface area (Å²) in [7, 11) is 0. The van der Waals surface area contributed by atoms with Gasteiger partial charge in [0.25, 0.3) is 5.69 Å². The summed E-state index contributed by atoms with van der Waals surface area (Å²) in [5.74, 6) is 0. The Labute approximate surface area is 76.9 Å². The van der Waals surface area contributed by atoms with Gasteiger partial charge >= 0.3 is 0 Å². The molecule has 0 aromatic heterocycles. The smallest absolute Gasteiger partial charge is 0.258 e. The lowest BCUT2D eigenvalue weighted by Gasteiger charge is -2.01. The molecule has 0 saturated carbocycles. The third-order valence-electron chi connectivity index (χ3n) is 1.88. The number of hydrogen-bond donors (Lipinski definition) is 0. The van der Waals surface area contributed by atoms with Crippen molar-refractivity contribution < 1.29 is 4.92 Å². The molecule has 1 aromatic rings. The second kappa shape index (κ2) is 3.85. The van der Waals surface area contributed by atoms with Gasteiger partial charge in [0, 0.05) is 12.1 Å². The SMILES string of the molecule is C=[C]c1cc([N+](=O)[O-])ccc1CC. The van der Waals surface area contributed by atoms with Crippen LogP contribution in [-0.2, 0) is 6.42 Å². The van der Waals surface area contributed by atoms with Gasteiger partial charge in [-0.05, 0) is 23.6 Å². The van der Waals surface area contributed by atoms with Gasteiger partial charge < -0.3 is 0 Å². The minimum absolute atomic E-state index is 0.0864. The normalized spacial score (nSPS) is 9.62. The molecule has 0 aliphatic carbocycles. The molecule has 0 heterocycles. The van der Waals surface area contributed by atoms with Crippen LogP contribution in [0.5, 0.6) is 0 Å². The zero-order valence-corrected chi connectivity index (χ0v) is 7.41. The van der Waals surface area contributed by atoms with Gasteiger partial charge in [0.05, 0.1) is 4.92 Å². The standard InChI is InChI=1S/C10H10NO2/c1-3-8-5-6-10(11(12)13)7-9(8)4-2/h5-7H,2-3H2,1H3. The maximum absolute atomic E-state index is 10.4. The molecule has 0 N–H and O–H groups in total. The maximum Gasteiger partial charge on any atom is 0.270 e. The first-order chi connectivity index (χ1) is 6.19. The summed E-state index contributed by atoms with van der Waals surface area (Å²) in [4.78, 5) is 10.0. The maximum atomic E-state index is 10.4. The quantitative estimate of drug-likeness (QED) is 0.524. The average molecular weight is 176 g/mol. The fraction of sp³-hybridized carbons (Fsp3) is 0.200. The molecule has 3 heteroatoms. The lowest BCUT2D eigenvalue weighted by molar-refractivity contribution is -0.384. The first-order valence-electron chi connectivity index (χ1n) is 3.99. The number of non-ortho nitro benzene ring substituents is 1. The minimum atomic E-state index is -0.416. The Balaban J connectivity index is 3.20. The Morgan fingerprint density at radius 2 is 2.31 bits per heavy atom. The molecular formula is C10H10NO2. The summed E-state index contributed by atoms with van der Waals surface area (Å²) in [6, 6.07) is 4.73. The number of nitrogens with zero attached hydrogens (tertiary/aromatic N) is 1. The molecule has 0 amide bonds. The van der Waals surface area contributed by atoms with Gasteiger partial charge in [-0.3, -0.25) is 10.1 Å². The molecule has 1 radical (unpaired) electrons. The van der Waals surface area contributed by atoms with E-state index in [0.29, 0.717) is 0 Å². The zero-order valence-electron chi connectivity index (χ0n) is 7.41. The number of hydrogen-bond acceptors (Lipinski definition) is 2. The molecular weight excluding hydrogens is 166 g/mol. The van der Waals surface area contributed by atoms with Crippen LogP contribution in [0.25, 0.3) is 0 Å². The van der Waals surface area contributed by atoms with Gasteiger partial charge in [0.2, 0.25) is 0 Å². The molecule has 0 saturated heterocycles. The highest BCUT2D eigenvalue weighted by atomic mass is 16.6. The van der Waals surface area contributed by atoms with Crippen molar-refractivity contribution in [2.24, 2.45) is 0 Å². The molecule has 0 unspecified atom stereocenters. The van der Waals surface area contributed by atoms with Crippen LogP contribution >= 0.6 is 0 Å². The largest absolute Gasteiger partial charge is 0.270 e. The van der Waals surface area contributed by atoms with Gasteiger partial charge in [0.1, 0.15) is 0 Å². The fourth-order valence-corrected chi connectivity index (χ4v) is 1.15. The topological polar surface area (TPSA) is 43.1 Å². The van der Waals surface area contributed by atoms with Crippen molar-refractivity contribution in [3.63, 3.8) is 0 Å². The molecule has 1 rings (SSSR count). The Morgan fingerprint density at radius 3 is 2.77 bits per heavy atom. The molecule has 1 aromatic carbocycles. The van der Waals surface area contributed by atoms with Crippen LogP contribution in [0.4, 0.5) is 5.69 Å². The molecule has 67 valence electrons. The summed E-state index contributed by atoms with van der Waals surface area (Å²) in [6.07, 6.45) is 3.52. The van der Waals surface area contributed by atoms with Crippen LogP contribution in [0.3, 0.4) is 0 Å². The van der Waals surface area contributed by atoms with Crippen LogP contribution in [0.1, 0.15) is 18.1 Å². The van der Waals surface area contributed by atoms with Crippen molar-refractivity contribution in [2.45, 2.75) is 13.3 Å². The van der Waals surface area contributed by atoms with Gasteiger partial charge in [-0.1, -0.05) is 19.6 Å². The van der Waals surface area contributed by atoms with E-state index in [2.05, 4.69) is 12.7 Å². The lowest BCUT2D eigenvalue weighted by atomic mass is 10.0. The van der Waals surface area contributed by atoms with Crippen molar-refractivity contribution in [3.05, 3.63) is 52.1 Å². The molecule has 0 fully saturated rings. The van der Waals surface area contributed by atoms with E-state index >= 15 is 0 Å². The summed E-state index contributed by atoms with van der Waals surface area (Å²) in [5.41, 5.74) is 1.83. The number of nitro groups is 1. The van der Waals surface area contributed by atoms with Crippen molar-refractivity contribution in [2.75, 3.05) is 0 Å². The highest BCUT2D eigenvalue weighted by molar-refractivity contribution is 5.42. The highest BCUT2D eigenvalue weighted by Crippen LogP contribution is 2.17. The van der Waals surface area contributed by atoms with Crippen LogP contribution < -0.4 is 0 Å². The second-order valence-corrected chi connectivity index (χ2v) is 2.63. The summed E-state index contributed by atoms with van der Waals surface area (Å²) < 4.78 is 0. The van der Waals surface area contributed by atoms with E-state index in [9.17, 15) is 10.1 Å². The van der Waals surface area contributed by atoms with E-state index < -0.39 is 4.92 Å². The number of rotatable bonds is 3. The second-order valence-electron chi connectivity index (χ2n) is 2.63. The Bertz CT molecular complexity index is 345. The van der Waals surface area contributed by atoms with Crippen LogP contribution in [0.15, 0.2) is 24.8 Å². The van der Waals surface area contributed by atoms with Crippen LogP contribution in [0.2, 0.25) is 0 Å². The van der Waals surface area contributed by atoms with Gasteiger partial charge in [-0.25, -0.2) is 0 Å². The van der Waals surface area contributed by atoms with Crippen molar-refractivity contribution in [1.82, 2.24) is 0 Å². The Kier molecular flexibility index (Phi) is 2.80. The zero-order chi connectivity index (χ0) is 9.84. The van der Waals surface area contributed by atoms with E-state index in [1.165, 1.54) is 12.1 Å². The number of nitro benzene ring substituents is 1. The highest BCUT2D eigenvalue weighted by Gasteiger charge is 2.07. The van der Waals surface area contributed by atoms with E-state index in [1.807, 2.05) is 6.92 Å². The summed E-state index contributed by atoms with van der Waals surface area (Å²) in [6.45, 7) is 5.48. The predicted octanol–water partition coefficient (Wildman–Crippen LogP) is 2.49. The van der Waals surface area contributed by atoms with E-state index in [-0.39, 0.29) is 5.69 Å². The average Bonchev–Trinajstić information content (AvgIpc) is 2.16. The van der Waals surface area contributed by atoms with E-state index in [4.69, 9.17) is 0 Å². The Morgan fingerprint density at radius 1 is 1.62 bits per heavy atom. The molecule has 13 heavy (non-hydrogen) atoms. The molecule has 0 bridgehead atoms. The fourth-order valence-electron chi connectivity index (χ4n) is 1.15. The molecule has 0 aliphatic rings.